The molecule has 154 valence electrons. The average molecular weight is 418 g/mol. The first kappa shape index (κ1) is 22.3. The summed E-state index contributed by atoms with van der Waals surface area (Å²) in [6, 6.07) is 6.81. The van der Waals surface area contributed by atoms with E-state index in [0.29, 0.717) is 36.1 Å². The van der Waals surface area contributed by atoms with Crippen LogP contribution in [0.1, 0.15) is 45.2 Å². The van der Waals surface area contributed by atoms with E-state index in [-0.39, 0.29) is 18.3 Å². The summed E-state index contributed by atoms with van der Waals surface area (Å²) >= 11 is 0. The molecule has 1 saturated heterocycles. The molecule has 1 fully saturated rings. The first-order valence-electron chi connectivity index (χ1n) is 9.30. The molecule has 1 aromatic carbocycles. The minimum Gasteiger partial charge on any atom is -0.212 e. The maximum atomic E-state index is 12.7. The van der Waals surface area contributed by atoms with Gasteiger partial charge in [-0.3, -0.25) is 0 Å². The van der Waals surface area contributed by atoms with Crippen molar-refractivity contribution < 1.29 is 16.8 Å². The molecule has 0 aliphatic carbocycles. The van der Waals surface area contributed by atoms with Gasteiger partial charge in [-0.25, -0.2) is 13.1 Å². The van der Waals surface area contributed by atoms with Gasteiger partial charge in [0.05, 0.1) is 5.75 Å². The highest BCUT2D eigenvalue weighted by molar-refractivity contribution is 7.88. The number of hydrogen-bond acceptors (Lipinski definition) is 4. The third kappa shape index (κ3) is 6.83. The normalized spacial score (nSPS) is 22.3. The molecule has 0 bridgehead atoms. The van der Waals surface area contributed by atoms with Crippen LogP contribution in [0.5, 0.6) is 0 Å². The average Bonchev–Trinajstić information content (AvgIpc) is 2.51. The summed E-state index contributed by atoms with van der Waals surface area (Å²) in [5.74, 6) is 0.468. The smallest absolute Gasteiger partial charge is 0.212 e. The fraction of sp³-hybridized carbons (Fsp3) is 0.667. The van der Waals surface area contributed by atoms with Crippen molar-refractivity contribution >= 4 is 20.2 Å². The second-order valence-corrected chi connectivity index (χ2v) is 11.4. The molecule has 1 heterocycles. The molecule has 2 rings (SSSR count). The second-order valence-electron chi connectivity index (χ2n) is 7.89. The monoisotopic (exact) mass is 417 g/mol. The molecule has 0 saturated carbocycles. The van der Waals surface area contributed by atoms with E-state index < -0.39 is 20.2 Å². The molecular formula is C18H31N3O4S2. The van der Waals surface area contributed by atoms with Crippen LogP contribution in [0.2, 0.25) is 0 Å². The maximum Gasteiger partial charge on any atom is 0.279 e. The lowest BCUT2D eigenvalue weighted by atomic mass is 9.94. The Kier molecular flexibility index (Phi) is 7.43. The number of nitrogens with zero attached hydrogens (tertiary/aromatic N) is 1. The van der Waals surface area contributed by atoms with Crippen molar-refractivity contribution in [2.24, 2.45) is 11.8 Å². The summed E-state index contributed by atoms with van der Waals surface area (Å²) in [7, 11) is -7.09. The van der Waals surface area contributed by atoms with Gasteiger partial charge in [-0.15, -0.1) is 0 Å². The van der Waals surface area contributed by atoms with Gasteiger partial charge in [-0.2, -0.15) is 17.4 Å². The molecule has 2 atom stereocenters. The molecule has 0 radical (unpaired) electrons. The van der Waals surface area contributed by atoms with E-state index in [0.717, 1.165) is 6.42 Å². The van der Waals surface area contributed by atoms with Crippen LogP contribution in [0, 0.1) is 11.8 Å². The molecule has 1 aliphatic rings. The molecule has 0 spiro atoms. The molecule has 0 amide bonds. The molecular weight excluding hydrogens is 386 g/mol. The molecule has 1 aromatic rings. The summed E-state index contributed by atoms with van der Waals surface area (Å²) in [6.45, 7) is 8.72. The highest BCUT2D eigenvalue weighted by atomic mass is 32.2. The highest BCUT2D eigenvalue weighted by Crippen LogP contribution is 2.23. The van der Waals surface area contributed by atoms with E-state index in [9.17, 15) is 16.8 Å². The summed E-state index contributed by atoms with van der Waals surface area (Å²) in [6.07, 6.45) is 1.02. The minimum absolute atomic E-state index is 0.0645. The van der Waals surface area contributed by atoms with Gasteiger partial charge in [0.2, 0.25) is 10.0 Å². The van der Waals surface area contributed by atoms with Gasteiger partial charge < -0.3 is 0 Å². The fourth-order valence-electron chi connectivity index (χ4n) is 3.54. The number of rotatable bonds is 8. The third-order valence-electron chi connectivity index (χ3n) is 4.50. The Morgan fingerprint density at radius 3 is 2.15 bits per heavy atom. The van der Waals surface area contributed by atoms with Gasteiger partial charge in [-0.1, -0.05) is 38.1 Å². The summed E-state index contributed by atoms with van der Waals surface area (Å²) in [5, 5.41) is 0. The zero-order chi connectivity index (χ0) is 20.2. The molecule has 27 heavy (non-hydrogen) atoms. The zero-order valence-corrected chi connectivity index (χ0v) is 18.1. The maximum absolute atomic E-state index is 12.7. The molecule has 0 unspecified atom stereocenters. The van der Waals surface area contributed by atoms with Gasteiger partial charge in [0.1, 0.15) is 0 Å². The van der Waals surface area contributed by atoms with Crippen LogP contribution < -0.4 is 9.44 Å². The molecule has 2 N–H and O–H groups in total. The third-order valence-corrected chi connectivity index (χ3v) is 7.51. The van der Waals surface area contributed by atoms with Crippen LogP contribution >= 0.6 is 0 Å². The number of hydrogen-bond donors (Lipinski definition) is 2. The van der Waals surface area contributed by atoms with Crippen molar-refractivity contribution in [2.45, 2.75) is 52.5 Å². The van der Waals surface area contributed by atoms with Gasteiger partial charge in [0, 0.05) is 25.7 Å². The van der Waals surface area contributed by atoms with Crippen molar-refractivity contribution in [1.29, 1.82) is 0 Å². The number of piperidine rings is 1. The van der Waals surface area contributed by atoms with Crippen molar-refractivity contribution in [1.82, 2.24) is 13.7 Å². The summed E-state index contributed by atoms with van der Waals surface area (Å²) in [5.41, 5.74) is 1.25. The summed E-state index contributed by atoms with van der Waals surface area (Å²) < 4.78 is 56.5. The van der Waals surface area contributed by atoms with Crippen molar-refractivity contribution in [3.05, 3.63) is 35.4 Å². The standard InChI is InChI=1S/C18H31N3O4S2/c1-14(2)20-26(22,23)13-18-8-6-5-7-17(18)10-19-27(24,25)21-11-15(3)9-16(4)12-21/h5-8,14-16,19-20H,9-13H2,1-4H3/t15-,16-/m1/s1. The lowest BCUT2D eigenvalue weighted by Crippen LogP contribution is -2.47. The van der Waals surface area contributed by atoms with E-state index in [2.05, 4.69) is 23.3 Å². The van der Waals surface area contributed by atoms with Gasteiger partial charge in [-0.05, 0) is 43.2 Å². The predicted octanol–water partition coefficient (Wildman–Crippen LogP) is 1.83. The zero-order valence-electron chi connectivity index (χ0n) is 16.5. The largest absolute Gasteiger partial charge is 0.279 e. The lowest BCUT2D eigenvalue weighted by Gasteiger charge is -2.34. The number of benzene rings is 1. The Hall–Kier alpha value is -1.00. The predicted molar refractivity (Wildman–Crippen MR) is 108 cm³/mol. The van der Waals surface area contributed by atoms with Crippen molar-refractivity contribution in [3.63, 3.8) is 0 Å². The Balaban J connectivity index is 2.10. The van der Waals surface area contributed by atoms with Gasteiger partial charge in [0.15, 0.2) is 0 Å². The first-order chi connectivity index (χ1) is 12.5. The van der Waals surface area contributed by atoms with Crippen molar-refractivity contribution in [2.75, 3.05) is 13.1 Å². The minimum atomic E-state index is -3.61. The molecule has 7 nitrogen and oxygen atoms in total. The van der Waals surface area contributed by atoms with Crippen LogP contribution in [0.15, 0.2) is 24.3 Å². The Morgan fingerprint density at radius 1 is 1.04 bits per heavy atom. The van der Waals surface area contributed by atoms with Crippen LogP contribution in [0.4, 0.5) is 0 Å². The number of sulfonamides is 1. The lowest BCUT2D eigenvalue weighted by molar-refractivity contribution is 0.220. The topological polar surface area (TPSA) is 95.6 Å². The van der Waals surface area contributed by atoms with E-state index in [4.69, 9.17) is 0 Å². The molecule has 1 aliphatic heterocycles. The van der Waals surface area contributed by atoms with Crippen molar-refractivity contribution in [3.8, 4) is 0 Å². The fourth-order valence-corrected chi connectivity index (χ4v) is 6.45. The van der Waals surface area contributed by atoms with E-state index in [1.54, 1.807) is 38.1 Å². The van der Waals surface area contributed by atoms with E-state index in [1.807, 2.05) is 0 Å². The Labute approximate surface area is 163 Å². The SMILES string of the molecule is CC(C)NS(=O)(=O)Cc1ccccc1CNS(=O)(=O)N1C[C@H](C)C[C@@H](C)C1. The van der Waals surface area contributed by atoms with Crippen LogP contribution in [0.3, 0.4) is 0 Å². The van der Waals surface area contributed by atoms with Crippen LogP contribution in [-0.4, -0.2) is 40.3 Å². The highest BCUT2D eigenvalue weighted by Gasteiger charge is 2.30. The van der Waals surface area contributed by atoms with Crippen LogP contribution in [0.25, 0.3) is 0 Å². The molecule has 0 aromatic heterocycles. The van der Waals surface area contributed by atoms with Crippen LogP contribution in [-0.2, 0) is 32.5 Å². The van der Waals surface area contributed by atoms with Gasteiger partial charge in [0.25, 0.3) is 10.2 Å². The molecule has 9 heteroatoms. The summed E-state index contributed by atoms with van der Waals surface area (Å²) in [4.78, 5) is 0. The van der Waals surface area contributed by atoms with Gasteiger partial charge >= 0.3 is 0 Å². The Bertz CT molecular complexity index is 828. The van der Waals surface area contributed by atoms with E-state index >= 15 is 0 Å². The van der Waals surface area contributed by atoms with E-state index in [1.165, 1.54) is 4.31 Å². The second kappa shape index (κ2) is 9.00. The first-order valence-corrected chi connectivity index (χ1v) is 12.4. The Morgan fingerprint density at radius 2 is 1.59 bits per heavy atom. The number of nitrogens with one attached hydrogen (secondary N) is 2. The quantitative estimate of drug-likeness (QED) is 0.674.